The summed E-state index contributed by atoms with van der Waals surface area (Å²) < 4.78 is 0. The average Bonchev–Trinajstić information content (AvgIpc) is 2.16. The maximum absolute atomic E-state index is 10.5. The third kappa shape index (κ3) is 7.84. The Bertz CT molecular complexity index is 173. The van der Waals surface area contributed by atoms with Crippen molar-refractivity contribution < 1.29 is 9.90 Å². The highest BCUT2D eigenvalue weighted by molar-refractivity contribution is 5.69. The lowest BCUT2D eigenvalue weighted by molar-refractivity contribution is -0.141. The number of carboxylic acids is 1. The van der Waals surface area contributed by atoms with E-state index in [4.69, 9.17) is 5.11 Å². The van der Waals surface area contributed by atoms with Gasteiger partial charge >= 0.3 is 5.97 Å². The Hall–Kier alpha value is -0.790. The van der Waals surface area contributed by atoms with Gasteiger partial charge in [-0.1, -0.05) is 38.8 Å². The van der Waals surface area contributed by atoms with Gasteiger partial charge in [-0.15, -0.1) is 0 Å². The summed E-state index contributed by atoms with van der Waals surface area (Å²) >= 11 is 0. The minimum absolute atomic E-state index is 0.186. The van der Waals surface area contributed by atoms with Crippen LogP contribution in [0.15, 0.2) is 12.2 Å². The summed E-state index contributed by atoms with van der Waals surface area (Å²) in [7, 11) is 0. The van der Waals surface area contributed by atoms with Crippen LogP contribution in [0.25, 0.3) is 0 Å². The number of carboxylic acid groups (broad SMARTS) is 1. The Morgan fingerprint density at radius 2 is 1.93 bits per heavy atom. The highest BCUT2D eigenvalue weighted by Crippen LogP contribution is 2.09. The molecule has 0 aliphatic carbocycles. The van der Waals surface area contributed by atoms with Crippen molar-refractivity contribution in [2.24, 2.45) is 5.92 Å². The quantitative estimate of drug-likeness (QED) is 0.477. The molecule has 0 aromatic rings. The van der Waals surface area contributed by atoms with Gasteiger partial charge < -0.3 is 5.11 Å². The molecule has 0 radical (unpaired) electrons. The molecule has 82 valence electrons. The lowest BCUT2D eigenvalue weighted by Gasteiger charge is -2.03. The molecule has 1 unspecified atom stereocenters. The molecule has 2 nitrogen and oxygen atoms in total. The van der Waals surface area contributed by atoms with Crippen LogP contribution in [0, 0.1) is 5.92 Å². The molecule has 0 rings (SSSR count). The Morgan fingerprint density at radius 1 is 1.29 bits per heavy atom. The maximum atomic E-state index is 10.5. The molecule has 0 bridgehead atoms. The van der Waals surface area contributed by atoms with Gasteiger partial charge in [-0.05, 0) is 25.7 Å². The number of hydrogen-bond acceptors (Lipinski definition) is 1. The Balaban J connectivity index is 3.25. The van der Waals surface area contributed by atoms with Crippen LogP contribution in [0.5, 0.6) is 0 Å². The lowest BCUT2D eigenvalue weighted by Crippen LogP contribution is -2.08. The Morgan fingerprint density at radius 3 is 2.50 bits per heavy atom. The van der Waals surface area contributed by atoms with E-state index in [0.717, 1.165) is 32.1 Å². The fourth-order valence-electron chi connectivity index (χ4n) is 1.24. The van der Waals surface area contributed by atoms with Crippen LogP contribution in [-0.4, -0.2) is 11.1 Å². The normalized spacial score (nSPS) is 13.3. The Kier molecular flexibility index (Phi) is 8.30. The van der Waals surface area contributed by atoms with Crippen molar-refractivity contribution in [1.29, 1.82) is 0 Å². The summed E-state index contributed by atoms with van der Waals surface area (Å²) in [5, 5.41) is 8.64. The molecule has 0 heterocycles. The van der Waals surface area contributed by atoms with Crippen LogP contribution >= 0.6 is 0 Å². The third-order valence-electron chi connectivity index (χ3n) is 2.30. The molecule has 14 heavy (non-hydrogen) atoms. The first kappa shape index (κ1) is 13.2. The molecule has 0 saturated carbocycles. The van der Waals surface area contributed by atoms with Crippen molar-refractivity contribution in [3.8, 4) is 0 Å². The second kappa shape index (κ2) is 8.79. The summed E-state index contributed by atoms with van der Waals surface area (Å²) in [6.45, 7) is 3.94. The standard InChI is InChI=1S/C12H22O2/c1-3-4-5-6-7-8-9-10-11(2)12(13)14/h5-6,11H,3-4,7-10H2,1-2H3,(H,13,14)/b6-5+. The van der Waals surface area contributed by atoms with Crippen LogP contribution in [0.1, 0.15) is 52.4 Å². The smallest absolute Gasteiger partial charge is 0.306 e. The van der Waals surface area contributed by atoms with Crippen LogP contribution in [0.3, 0.4) is 0 Å². The van der Waals surface area contributed by atoms with Gasteiger partial charge in [0.1, 0.15) is 0 Å². The minimum atomic E-state index is -0.675. The van der Waals surface area contributed by atoms with Crippen molar-refractivity contribution in [1.82, 2.24) is 0 Å². The van der Waals surface area contributed by atoms with Crippen molar-refractivity contribution in [2.75, 3.05) is 0 Å². The van der Waals surface area contributed by atoms with Crippen molar-refractivity contribution in [3.63, 3.8) is 0 Å². The zero-order chi connectivity index (χ0) is 10.8. The summed E-state index contributed by atoms with van der Waals surface area (Å²) in [5.41, 5.74) is 0. The molecule has 0 aromatic heterocycles. The van der Waals surface area contributed by atoms with E-state index in [-0.39, 0.29) is 5.92 Å². The second-order valence-electron chi connectivity index (χ2n) is 3.78. The molecule has 0 spiro atoms. The molecule has 1 N–H and O–H groups in total. The molecule has 0 aliphatic heterocycles. The van der Waals surface area contributed by atoms with Gasteiger partial charge in [0, 0.05) is 0 Å². The van der Waals surface area contributed by atoms with E-state index in [1.165, 1.54) is 6.42 Å². The average molecular weight is 198 g/mol. The molecular formula is C12H22O2. The SMILES string of the molecule is CCC/C=C/CCCCC(C)C(=O)O. The van der Waals surface area contributed by atoms with Crippen LogP contribution in [0.2, 0.25) is 0 Å². The lowest BCUT2D eigenvalue weighted by atomic mass is 10.0. The van der Waals surface area contributed by atoms with E-state index in [2.05, 4.69) is 19.1 Å². The second-order valence-corrected chi connectivity index (χ2v) is 3.78. The van der Waals surface area contributed by atoms with Gasteiger partial charge in [-0.25, -0.2) is 0 Å². The predicted octanol–water partition coefficient (Wildman–Crippen LogP) is 3.62. The fraction of sp³-hybridized carbons (Fsp3) is 0.750. The van der Waals surface area contributed by atoms with E-state index in [9.17, 15) is 4.79 Å². The molecular weight excluding hydrogens is 176 g/mol. The van der Waals surface area contributed by atoms with E-state index >= 15 is 0 Å². The minimum Gasteiger partial charge on any atom is -0.481 e. The summed E-state index contributed by atoms with van der Waals surface area (Å²) in [4.78, 5) is 10.5. The molecule has 0 aliphatic rings. The van der Waals surface area contributed by atoms with Crippen molar-refractivity contribution in [2.45, 2.75) is 52.4 Å². The predicted molar refractivity (Wildman–Crippen MR) is 59.3 cm³/mol. The van der Waals surface area contributed by atoms with E-state index in [1.54, 1.807) is 6.92 Å². The molecule has 0 saturated heterocycles. The first-order valence-electron chi connectivity index (χ1n) is 5.56. The van der Waals surface area contributed by atoms with Crippen molar-refractivity contribution >= 4 is 5.97 Å². The Labute approximate surface area is 87.0 Å². The van der Waals surface area contributed by atoms with Crippen molar-refractivity contribution in [3.05, 3.63) is 12.2 Å². The van der Waals surface area contributed by atoms with E-state index < -0.39 is 5.97 Å². The number of hydrogen-bond donors (Lipinski definition) is 1. The largest absolute Gasteiger partial charge is 0.481 e. The zero-order valence-corrected chi connectivity index (χ0v) is 9.33. The first-order chi connectivity index (χ1) is 6.68. The number of unbranched alkanes of at least 4 members (excludes halogenated alkanes) is 3. The number of allylic oxidation sites excluding steroid dienone is 2. The molecule has 0 amide bonds. The van der Waals surface area contributed by atoms with Crippen LogP contribution < -0.4 is 0 Å². The van der Waals surface area contributed by atoms with Gasteiger partial charge in [-0.2, -0.15) is 0 Å². The summed E-state index contributed by atoms with van der Waals surface area (Å²) in [5.74, 6) is -0.860. The van der Waals surface area contributed by atoms with Crippen LogP contribution in [0.4, 0.5) is 0 Å². The molecule has 0 aromatic carbocycles. The number of carbonyl (C=O) groups is 1. The summed E-state index contributed by atoms with van der Waals surface area (Å²) in [6, 6.07) is 0. The van der Waals surface area contributed by atoms with Gasteiger partial charge in [0.25, 0.3) is 0 Å². The highest BCUT2D eigenvalue weighted by atomic mass is 16.4. The van der Waals surface area contributed by atoms with Gasteiger partial charge in [0.05, 0.1) is 5.92 Å². The zero-order valence-electron chi connectivity index (χ0n) is 9.33. The highest BCUT2D eigenvalue weighted by Gasteiger charge is 2.08. The topological polar surface area (TPSA) is 37.3 Å². The molecule has 0 fully saturated rings. The molecule has 2 heteroatoms. The van der Waals surface area contributed by atoms with E-state index in [0.29, 0.717) is 0 Å². The number of rotatable bonds is 8. The fourth-order valence-corrected chi connectivity index (χ4v) is 1.24. The maximum Gasteiger partial charge on any atom is 0.306 e. The van der Waals surface area contributed by atoms with Gasteiger partial charge in [0.2, 0.25) is 0 Å². The monoisotopic (exact) mass is 198 g/mol. The summed E-state index contributed by atoms with van der Waals surface area (Å²) in [6.07, 6.45) is 10.8. The van der Waals surface area contributed by atoms with Gasteiger partial charge in [-0.3, -0.25) is 4.79 Å². The van der Waals surface area contributed by atoms with Gasteiger partial charge in [0.15, 0.2) is 0 Å². The molecule has 1 atom stereocenters. The number of aliphatic carboxylic acids is 1. The van der Waals surface area contributed by atoms with Crippen LogP contribution in [-0.2, 0) is 4.79 Å². The van der Waals surface area contributed by atoms with E-state index in [1.807, 2.05) is 0 Å². The third-order valence-corrected chi connectivity index (χ3v) is 2.30. The first-order valence-corrected chi connectivity index (χ1v) is 5.56.